The van der Waals surface area contributed by atoms with E-state index in [1.165, 1.54) is 0 Å². The van der Waals surface area contributed by atoms with Gasteiger partial charge in [0.05, 0.1) is 11.1 Å². The van der Waals surface area contributed by atoms with Crippen molar-refractivity contribution in [1.82, 2.24) is 15.5 Å². The van der Waals surface area contributed by atoms with Crippen LogP contribution in [0.3, 0.4) is 0 Å². The van der Waals surface area contributed by atoms with Gasteiger partial charge in [-0.2, -0.15) is 0 Å². The Kier molecular flexibility index (Phi) is 6.34. The Morgan fingerprint density at radius 2 is 2.32 bits per heavy atom. The minimum atomic E-state index is 0.0244. The fourth-order valence-electron chi connectivity index (χ4n) is 2.22. The number of urea groups is 1. The van der Waals surface area contributed by atoms with Crippen molar-refractivity contribution in [3.05, 3.63) is 28.8 Å². The fourth-order valence-corrected chi connectivity index (χ4v) is 2.47. The summed E-state index contributed by atoms with van der Waals surface area (Å²) in [6.07, 6.45) is 1.11. The van der Waals surface area contributed by atoms with Crippen LogP contribution in [0.15, 0.2) is 18.2 Å². The van der Waals surface area contributed by atoms with Crippen LogP contribution in [0.4, 0.5) is 4.79 Å². The Hall–Kier alpha value is -1.46. The highest BCUT2D eigenvalue weighted by Crippen LogP contribution is 2.26. The molecular weight excluding hydrogens is 302 g/mol. The van der Waals surface area contributed by atoms with E-state index < -0.39 is 0 Å². The van der Waals surface area contributed by atoms with Gasteiger partial charge in [-0.1, -0.05) is 24.6 Å². The zero-order valence-corrected chi connectivity index (χ0v) is 13.9. The summed E-state index contributed by atoms with van der Waals surface area (Å²) in [6.45, 7) is 7.83. The number of amides is 2. The number of ether oxygens (including phenoxy) is 1. The lowest BCUT2D eigenvalue weighted by molar-refractivity contribution is 0.217. The van der Waals surface area contributed by atoms with E-state index in [0.29, 0.717) is 5.02 Å². The Morgan fingerprint density at radius 1 is 1.50 bits per heavy atom. The van der Waals surface area contributed by atoms with Crippen molar-refractivity contribution >= 4 is 17.6 Å². The summed E-state index contributed by atoms with van der Waals surface area (Å²) in [4.78, 5) is 13.2. The third-order valence-corrected chi connectivity index (χ3v) is 4.03. The second kappa shape index (κ2) is 8.25. The number of hydrogen-bond donors (Lipinski definition) is 2. The van der Waals surface area contributed by atoms with E-state index in [2.05, 4.69) is 17.6 Å². The molecule has 1 saturated heterocycles. The summed E-state index contributed by atoms with van der Waals surface area (Å²) in [5.74, 6) is 0.730. The van der Waals surface area contributed by atoms with E-state index in [1.807, 2.05) is 30.0 Å². The summed E-state index contributed by atoms with van der Waals surface area (Å²) >= 11 is 6.25. The van der Waals surface area contributed by atoms with Crippen molar-refractivity contribution in [3.63, 3.8) is 0 Å². The minimum absolute atomic E-state index is 0.0244. The molecule has 0 unspecified atom stereocenters. The largest absolute Gasteiger partial charge is 0.489 e. The van der Waals surface area contributed by atoms with Crippen LogP contribution in [0, 0.1) is 0 Å². The molecule has 1 heterocycles. The first-order valence-electron chi connectivity index (χ1n) is 7.78. The van der Waals surface area contributed by atoms with Gasteiger partial charge in [0.1, 0.15) is 5.75 Å². The molecule has 2 N–H and O–H groups in total. The summed E-state index contributed by atoms with van der Waals surface area (Å²) in [5, 5.41) is 6.75. The fraction of sp³-hybridized carbons (Fsp3) is 0.562. The summed E-state index contributed by atoms with van der Waals surface area (Å²) in [6, 6.07) is 5.88. The van der Waals surface area contributed by atoms with Crippen LogP contribution in [0.25, 0.3) is 0 Å². The molecule has 0 aliphatic carbocycles. The number of carbonyl (C=O) groups is 1. The molecule has 1 aliphatic rings. The van der Waals surface area contributed by atoms with E-state index in [4.69, 9.17) is 16.3 Å². The standard InChI is InChI=1S/C16H24ClN3O2/c1-3-12(2)22-15-5-4-13(10-14(15)17)11-18-6-8-20-9-7-19-16(20)21/h4-5,10,12,18H,3,6-9,11H2,1-2H3,(H,19,21)/t12-/m0/s1. The van der Waals surface area contributed by atoms with Gasteiger partial charge in [-0.25, -0.2) is 4.79 Å². The molecule has 0 saturated carbocycles. The molecule has 0 spiro atoms. The quantitative estimate of drug-likeness (QED) is 0.722. The number of hydrogen-bond acceptors (Lipinski definition) is 3. The number of nitrogens with zero attached hydrogens (tertiary/aromatic N) is 1. The molecule has 6 heteroatoms. The zero-order valence-electron chi connectivity index (χ0n) is 13.2. The Morgan fingerprint density at radius 3 is 2.95 bits per heavy atom. The van der Waals surface area contributed by atoms with Crippen molar-refractivity contribution in [2.24, 2.45) is 0 Å². The Labute approximate surface area is 137 Å². The average Bonchev–Trinajstić information content (AvgIpc) is 2.91. The molecule has 5 nitrogen and oxygen atoms in total. The second-order valence-electron chi connectivity index (χ2n) is 5.50. The van der Waals surface area contributed by atoms with Crippen molar-refractivity contribution in [3.8, 4) is 5.75 Å². The maximum absolute atomic E-state index is 11.4. The first-order valence-corrected chi connectivity index (χ1v) is 8.16. The monoisotopic (exact) mass is 325 g/mol. The van der Waals surface area contributed by atoms with Gasteiger partial charge >= 0.3 is 6.03 Å². The third-order valence-electron chi connectivity index (χ3n) is 3.73. The lowest BCUT2D eigenvalue weighted by Crippen LogP contribution is -2.34. The highest BCUT2D eigenvalue weighted by atomic mass is 35.5. The third kappa shape index (κ3) is 4.78. The lowest BCUT2D eigenvalue weighted by atomic mass is 10.2. The van der Waals surface area contributed by atoms with E-state index in [0.717, 1.165) is 50.5 Å². The number of carbonyl (C=O) groups excluding carboxylic acids is 1. The van der Waals surface area contributed by atoms with Crippen LogP contribution in [-0.2, 0) is 6.54 Å². The average molecular weight is 326 g/mol. The maximum atomic E-state index is 11.4. The summed E-state index contributed by atoms with van der Waals surface area (Å²) in [7, 11) is 0. The molecule has 2 amide bonds. The predicted octanol–water partition coefficient (Wildman–Crippen LogP) is 2.63. The number of halogens is 1. The zero-order chi connectivity index (χ0) is 15.9. The minimum Gasteiger partial charge on any atom is -0.489 e. The van der Waals surface area contributed by atoms with Gasteiger partial charge in [-0.15, -0.1) is 0 Å². The number of rotatable bonds is 8. The van der Waals surface area contributed by atoms with Crippen molar-refractivity contribution in [2.75, 3.05) is 26.2 Å². The molecule has 22 heavy (non-hydrogen) atoms. The summed E-state index contributed by atoms with van der Waals surface area (Å²) in [5.41, 5.74) is 1.10. The molecule has 1 aromatic carbocycles. The molecule has 1 fully saturated rings. The lowest BCUT2D eigenvalue weighted by Gasteiger charge is -2.16. The smallest absolute Gasteiger partial charge is 0.317 e. The van der Waals surface area contributed by atoms with Crippen LogP contribution >= 0.6 is 11.6 Å². The Balaban J connectivity index is 1.76. The topological polar surface area (TPSA) is 53.6 Å². The Bertz CT molecular complexity index is 510. The second-order valence-corrected chi connectivity index (χ2v) is 5.90. The highest BCUT2D eigenvalue weighted by molar-refractivity contribution is 6.32. The number of nitrogens with one attached hydrogen (secondary N) is 2. The van der Waals surface area contributed by atoms with Gasteiger partial charge in [0, 0.05) is 32.7 Å². The van der Waals surface area contributed by atoms with Gasteiger partial charge in [0.2, 0.25) is 0 Å². The van der Waals surface area contributed by atoms with Crippen molar-refractivity contribution < 1.29 is 9.53 Å². The van der Waals surface area contributed by atoms with Crippen LogP contribution in [-0.4, -0.2) is 43.2 Å². The van der Waals surface area contributed by atoms with E-state index >= 15 is 0 Å². The van der Waals surface area contributed by atoms with Gasteiger partial charge < -0.3 is 20.3 Å². The SMILES string of the molecule is CC[C@H](C)Oc1ccc(CNCCN2CCNC2=O)cc1Cl. The number of benzene rings is 1. The van der Waals surface area contributed by atoms with Gasteiger partial charge in [-0.3, -0.25) is 0 Å². The summed E-state index contributed by atoms with van der Waals surface area (Å²) < 4.78 is 5.75. The molecule has 0 bridgehead atoms. The van der Waals surface area contributed by atoms with Gasteiger partial charge in [0.25, 0.3) is 0 Å². The molecule has 1 aliphatic heterocycles. The highest BCUT2D eigenvalue weighted by Gasteiger charge is 2.18. The maximum Gasteiger partial charge on any atom is 0.317 e. The van der Waals surface area contributed by atoms with Crippen LogP contribution in [0.1, 0.15) is 25.8 Å². The van der Waals surface area contributed by atoms with Crippen molar-refractivity contribution in [1.29, 1.82) is 0 Å². The molecule has 1 aromatic rings. The molecule has 122 valence electrons. The van der Waals surface area contributed by atoms with E-state index in [-0.39, 0.29) is 12.1 Å². The van der Waals surface area contributed by atoms with Crippen LogP contribution in [0.5, 0.6) is 5.75 Å². The molecular formula is C16H24ClN3O2. The molecule has 0 radical (unpaired) electrons. The normalized spacial score (nSPS) is 15.8. The van der Waals surface area contributed by atoms with Crippen LogP contribution in [0.2, 0.25) is 5.02 Å². The first kappa shape index (κ1) is 16.9. The molecule has 1 atom stereocenters. The van der Waals surface area contributed by atoms with Crippen LogP contribution < -0.4 is 15.4 Å². The van der Waals surface area contributed by atoms with Gasteiger partial charge in [0.15, 0.2) is 0 Å². The van der Waals surface area contributed by atoms with E-state index in [1.54, 1.807) is 0 Å². The van der Waals surface area contributed by atoms with E-state index in [9.17, 15) is 4.79 Å². The predicted molar refractivity (Wildman–Crippen MR) is 88.5 cm³/mol. The van der Waals surface area contributed by atoms with Crippen molar-refractivity contribution in [2.45, 2.75) is 32.9 Å². The first-order chi connectivity index (χ1) is 10.6. The molecule has 0 aromatic heterocycles. The molecule has 2 rings (SSSR count). The van der Waals surface area contributed by atoms with Gasteiger partial charge in [-0.05, 0) is 31.0 Å².